The SMILES string of the molecule is O=[N+]([O-])c1ccc(N/N=C/C2CC=C3c4ccccc4CCC3C2/C=N/Nc2ccc([N+](=O)[O-])cc2[N+](=O)[O-])c([N+](=O)[O-])c1. The number of non-ortho nitro benzene ring substituents is 2. The molecule has 16 heteroatoms. The number of aryl methyl sites for hydroxylation is 1. The lowest BCUT2D eigenvalue weighted by Crippen LogP contribution is -2.33. The number of hydrogen-bond acceptors (Lipinski definition) is 12. The Morgan fingerprint density at radius 3 is 1.86 bits per heavy atom. The maximum absolute atomic E-state index is 11.6. The first-order valence-corrected chi connectivity index (χ1v) is 13.4. The van der Waals surface area contributed by atoms with Gasteiger partial charge in [0.1, 0.15) is 11.4 Å². The van der Waals surface area contributed by atoms with Gasteiger partial charge in [-0.3, -0.25) is 51.3 Å². The van der Waals surface area contributed by atoms with E-state index in [1.54, 1.807) is 12.4 Å². The summed E-state index contributed by atoms with van der Waals surface area (Å²) >= 11 is 0. The van der Waals surface area contributed by atoms with Gasteiger partial charge in [-0.1, -0.05) is 30.3 Å². The molecule has 224 valence electrons. The fourth-order valence-corrected chi connectivity index (χ4v) is 5.59. The van der Waals surface area contributed by atoms with Crippen LogP contribution in [-0.4, -0.2) is 32.1 Å². The molecular formula is C28H24N8O8. The Morgan fingerprint density at radius 2 is 1.30 bits per heavy atom. The van der Waals surface area contributed by atoms with E-state index in [-0.39, 0.29) is 29.1 Å². The maximum atomic E-state index is 11.6. The summed E-state index contributed by atoms with van der Waals surface area (Å²) in [5.41, 5.74) is 6.90. The van der Waals surface area contributed by atoms with Crippen molar-refractivity contribution in [2.75, 3.05) is 10.9 Å². The largest absolute Gasteiger partial charge is 0.301 e. The number of fused-ring (bicyclic) bond motifs is 3. The number of nitrogens with zero attached hydrogens (tertiary/aromatic N) is 6. The molecular weight excluding hydrogens is 576 g/mol. The molecule has 44 heavy (non-hydrogen) atoms. The molecule has 0 saturated carbocycles. The Kier molecular flexibility index (Phi) is 8.32. The summed E-state index contributed by atoms with van der Waals surface area (Å²) < 4.78 is 0. The highest BCUT2D eigenvalue weighted by atomic mass is 16.6. The maximum Gasteiger partial charge on any atom is 0.301 e. The molecule has 0 aromatic heterocycles. The predicted molar refractivity (Wildman–Crippen MR) is 162 cm³/mol. The highest BCUT2D eigenvalue weighted by molar-refractivity contribution is 5.82. The van der Waals surface area contributed by atoms with Crippen molar-refractivity contribution in [1.29, 1.82) is 0 Å². The van der Waals surface area contributed by atoms with Crippen molar-refractivity contribution in [2.24, 2.45) is 28.0 Å². The molecule has 3 atom stereocenters. The summed E-state index contributed by atoms with van der Waals surface area (Å²) in [4.78, 5) is 42.3. The molecule has 2 N–H and O–H groups in total. The van der Waals surface area contributed by atoms with Gasteiger partial charge in [0.15, 0.2) is 0 Å². The quantitative estimate of drug-likeness (QED) is 0.155. The fraction of sp³-hybridized carbons (Fsp3) is 0.214. The molecule has 0 aliphatic heterocycles. The molecule has 0 spiro atoms. The van der Waals surface area contributed by atoms with Gasteiger partial charge in [-0.2, -0.15) is 10.2 Å². The molecule has 3 aromatic carbocycles. The van der Waals surface area contributed by atoms with Crippen LogP contribution in [0.3, 0.4) is 0 Å². The molecule has 0 fully saturated rings. The zero-order chi connectivity index (χ0) is 31.4. The van der Waals surface area contributed by atoms with Crippen LogP contribution in [0.15, 0.2) is 76.9 Å². The summed E-state index contributed by atoms with van der Waals surface area (Å²) in [6.45, 7) is 0. The standard InChI is InChI=1S/C28H24N8O8/c37-33(38)19-7-11-25(27(13-19)35(41)42)31-29-15-18-6-10-22-21-4-2-1-3-17(21)5-9-23(22)24(18)16-30-32-26-12-8-20(34(39)40)14-28(26)36(43)44/h1-4,7-8,10-16,18,23-24,31-32H,5-6,9H2/b29-15+,30-16+. The second-order valence-corrected chi connectivity index (χ2v) is 10.1. The van der Waals surface area contributed by atoms with Crippen molar-refractivity contribution >= 4 is 52.1 Å². The molecule has 0 radical (unpaired) electrons. The lowest BCUT2D eigenvalue weighted by molar-refractivity contribution is -0.393. The van der Waals surface area contributed by atoms with Gasteiger partial charge >= 0.3 is 11.4 Å². The zero-order valence-corrected chi connectivity index (χ0v) is 22.8. The highest BCUT2D eigenvalue weighted by Crippen LogP contribution is 2.45. The normalized spacial score (nSPS) is 19.1. The van der Waals surface area contributed by atoms with E-state index in [1.807, 2.05) is 12.1 Å². The number of benzene rings is 3. The van der Waals surface area contributed by atoms with Crippen LogP contribution in [0.2, 0.25) is 0 Å². The zero-order valence-electron chi connectivity index (χ0n) is 22.8. The summed E-state index contributed by atoms with van der Waals surface area (Å²) in [5, 5.41) is 53.7. The number of allylic oxidation sites excluding steroid dienone is 2. The van der Waals surface area contributed by atoms with Crippen LogP contribution in [0.5, 0.6) is 0 Å². The minimum absolute atomic E-state index is 0.0150. The third kappa shape index (κ3) is 6.08. The Bertz CT molecular complexity index is 1760. The number of nitro groups is 4. The monoisotopic (exact) mass is 600 g/mol. The van der Waals surface area contributed by atoms with Crippen LogP contribution in [0, 0.1) is 58.2 Å². The Labute approximate surface area is 248 Å². The van der Waals surface area contributed by atoms with Crippen molar-refractivity contribution in [3.05, 3.63) is 118 Å². The molecule has 0 heterocycles. The topological polar surface area (TPSA) is 221 Å². The molecule has 2 aliphatic carbocycles. The molecule has 0 saturated heterocycles. The van der Waals surface area contributed by atoms with Crippen molar-refractivity contribution < 1.29 is 19.7 Å². The molecule has 5 rings (SSSR count). The van der Waals surface area contributed by atoms with E-state index in [0.29, 0.717) is 6.42 Å². The van der Waals surface area contributed by atoms with E-state index in [0.717, 1.165) is 48.2 Å². The van der Waals surface area contributed by atoms with E-state index in [2.05, 4.69) is 39.3 Å². The van der Waals surface area contributed by atoms with Crippen LogP contribution in [-0.2, 0) is 6.42 Å². The van der Waals surface area contributed by atoms with Crippen molar-refractivity contribution in [3.8, 4) is 0 Å². The van der Waals surface area contributed by atoms with Gasteiger partial charge in [-0.25, -0.2) is 0 Å². The summed E-state index contributed by atoms with van der Waals surface area (Å²) in [6.07, 6.45) is 7.53. The summed E-state index contributed by atoms with van der Waals surface area (Å²) in [5.74, 6) is -0.470. The first-order chi connectivity index (χ1) is 21.1. The third-order valence-electron chi connectivity index (χ3n) is 7.68. The van der Waals surface area contributed by atoms with E-state index in [9.17, 15) is 40.5 Å². The fourth-order valence-electron chi connectivity index (χ4n) is 5.59. The van der Waals surface area contributed by atoms with E-state index in [1.165, 1.54) is 17.7 Å². The number of anilines is 2. The van der Waals surface area contributed by atoms with Crippen molar-refractivity contribution in [3.63, 3.8) is 0 Å². The minimum Gasteiger partial charge on any atom is -0.272 e. The number of nitro benzene ring substituents is 4. The van der Waals surface area contributed by atoms with Crippen molar-refractivity contribution in [1.82, 2.24) is 0 Å². The molecule has 0 bridgehead atoms. The first kappa shape index (κ1) is 29.4. The number of nitrogens with one attached hydrogen (secondary N) is 2. The summed E-state index contributed by atoms with van der Waals surface area (Å²) in [7, 11) is 0. The smallest absolute Gasteiger partial charge is 0.272 e. The predicted octanol–water partition coefficient (Wildman–Crippen LogP) is 6.10. The Morgan fingerprint density at radius 1 is 0.727 bits per heavy atom. The van der Waals surface area contributed by atoms with Crippen LogP contribution >= 0.6 is 0 Å². The number of hydrazone groups is 2. The van der Waals surface area contributed by atoms with Gasteiger partial charge < -0.3 is 0 Å². The summed E-state index contributed by atoms with van der Waals surface area (Å²) in [6, 6.07) is 14.5. The Hall–Kier alpha value is -6.06. The van der Waals surface area contributed by atoms with Gasteiger partial charge in [0, 0.05) is 36.4 Å². The van der Waals surface area contributed by atoms with Crippen LogP contribution in [0.4, 0.5) is 34.1 Å². The first-order valence-electron chi connectivity index (χ1n) is 13.4. The lowest BCUT2D eigenvalue weighted by Gasteiger charge is -2.38. The average Bonchev–Trinajstić information content (AvgIpc) is 3.01. The molecule has 2 aliphatic rings. The highest BCUT2D eigenvalue weighted by Gasteiger charge is 2.36. The minimum atomic E-state index is -0.738. The Balaban J connectivity index is 1.43. The molecule has 16 nitrogen and oxygen atoms in total. The van der Waals surface area contributed by atoms with Crippen LogP contribution < -0.4 is 10.9 Å². The van der Waals surface area contributed by atoms with Gasteiger partial charge in [0.2, 0.25) is 0 Å². The number of hydrogen-bond donors (Lipinski definition) is 2. The van der Waals surface area contributed by atoms with Crippen LogP contribution in [0.25, 0.3) is 5.57 Å². The number of rotatable bonds is 10. The van der Waals surface area contributed by atoms with Crippen molar-refractivity contribution in [2.45, 2.75) is 19.3 Å². The lowest BCUT2D eigenvalue weighted by atomic mass is 9.66. The van der Waals surface area contributed by atoms with Gasteiger partial charge in [-0.05, 0) is 54.0 Å². The third-order valence-corrected chi connectivity index (χ3v) is 7.68. The van der Waals surface area contributed by atoms with Crippen LogP contribution in [0.1, 0.15) is 24.0 Å². The molecule has 3 aromatic rings. The average molecular weight is 601 g/mol. The van der Waals surface area contributed by atoms with E-state index < -0.39 is 42.4 Å². The van der Waals surface area contributed by atoms with Gasteiger partial charge in [-0.15, -0.1) is 0 Å². The van der Waals surface area contributed by atoms with Gasteiger partial charge in [0.05, 0.1) is 31.8 Å². The molecule has 0 amide bonds. The second kappa shape index (κ2) is 12.4. The second-order valence-electron chi connectivity index (χ2n) is 10.1. The van der Waals surface area contributed by atoms with Gasteiger partial charge in [0.25, 0.3) is 11.4 Å². The molecule has 3 unspecified atom stereocenters. The van der Waals surface area contributed by atoms with E-state index in [4.69, 9.17) is 0 Å². The van der Waals surface area contributed by atoms with E-state index >= 15 is 0 Å².